The van der Waals surface area contributed by atoms with Crippen LogP contribution >= 0.6 is 12.4 Å². The van der Waals surface area contributed by atoms with Gasteiger partial charge >= 0.3 is 0 Å². The van der Waals surface area contributed by atoms with E-state index in [1.54, 1.807) is 0 Å². The molecule has 1 atom stereocenters. The van der Waals surface area contributed by atoms with E-state index in [1.807, 2.05) is 24.3 Å². The molecular formula is C18H28ClN3O2. The van der Waals surface area contributed by atoms with Crippen molar-refractivity contribution in [3.05, 3.63) is 35.4 Å². The van der Waals surface area contributed by atoms with E-state index in [2.05, 4.69) is 22.9 Å². The van der Waals surface area contributed by atoms with Crippen molar-refractivity contribution in [2.75, 3.05) is 19.6 Å². The average Bonchev–Trinajstić information content (AvgIpc) is 2.61. The Morgan fingerprint density at radius 2 is 1.96 bits per heavy atom. The highest BCUT2D eigenvalue weighted by Crippen LogP contribution is 2.10. The summed E-state index contributed by atoms with van der Waals surface area (Å²) < 4.78 is 0. The van der Waals surface area contributed by atoms with Gasteiger partial charge in [-0.1, -0.05) is 25.5 Å². The van der Waals surface area contributed by atoms with Crippen molar-refractivity contribution >= 4 is 24.2 Å². The Hall–Kier alpha value is -1.59. The first-order valence-corrected chi connectivity index (χ1v) is 8.56. The van der Waals surface area contributed by atoms with E-state index in [1.165, 1.54) is 0 Å². The van der Waals surface area contributed by atoms with Crippen molar-refractivity contribution in [1.82, 2.24) is 16.0 Å². The Balaban J connectivity index is 0.00000288. The molecule has 1 saturated heterocycles. The van der Waals surface area contributed by atoms with E-state index < -0.39 is 0 Å². The zero-order chi connectivity index (χ0) is 16.5. The lowest BCUT2D eigenvalue weighted by Gasteiger charge is -2.21. The molecule has 1 unspecified atom stereocenters. The standard InChI is InChI=1S/C18H27N3O2.ClH/c1-2-3-11-20-17(22)15-8-6-14(7-9-15)12-21-18(23)16-5-4-10-19-13-16;/h6-9,16,19H,2-5,10-13H2,1H3,(H,20,22)(H,21,23);1H. The largest absolute Gasteiger partial charge is 0.352 e. The SMILES string of the molecule is CCCCNC(=O)c1ccc(CNC(=O)C2CCCNC2)cc1.Cl. The highest BCUT2D eigenvalue weighted by atomic mass is 35.5. The van der Waals surface area contributed by atoms with Gasteiger partial charge in [0.05, 0.1) is 5.92 Å². The highest BCUT2D eigenvalue weighted by molar-refractivity contribution is 5.94. The van der Waals surface area contributed by atoms with Gasteiger partial charge in [0.1, 0.15) is 0 Å². The Morgan fingerprint density at radius 3 is 2.58 bits per heavy atom. The van der Waals surface area contributed by atoms with E-state index in [-0.39, 0.29) is 30.1 Å². The molecule has 1 fully saturated rings. The van der Waals surface area contributed by atoms with E-state index in [0.717, 1.165) is 44.3 Å². The lowest BCUT2D eigenvalue weighted by Crippen LogP contribution is -2.40. The molecule has 5 nitrogen and oxygen atoms in total. The summed E-state index contributed by atoms with van der Waals surface area (Å²) >= 11 is 0. The third kappa shape index (κ3) is 6.49. The predicted octanol–water partition coefficient (Wildman–Crippen LogP) is 2.25. The van der Waals surface area contributed by atoms with Crippen LogP contribution in [0.3, 0.4) is 0 Å². The topological polar surface area (TPSA) is 70.2 Å². The molecule has 2 rings (SSSR count). The second-order valence-electron chi connectivity index (χ2n) is 6.07. The van der Waals surface area contributed by atoms with Crippen LogP contribution < -0.4 is 16.0 Å². The van der Waals surface area contributed by atoms with Gasteiger partial charge in [-0.25, -0.2) is 0 Å². The number of hydrogen-bond donors (Lipinski definition) is 3. The fourth-order valence-corrected chi connectivity index (χ4v) is 2.66. The van der Waals surface area contributed by atoms with Gasteiger partial charge in [0.25, 0.3) is 5.91 Å². The first-order chi connectivity index (χ1) is 11.2. The third-order valence-corrected chi connectivity index (χ3v) is 4.17. The van der Waals surface area contributed by atoms with Crippen molar-refractivity contribution < 1.29 is 9.59 Å². The number of amides is 2. The summed E-state index contributed by atoms with van der Waals surface area (Å²) in [6, 6.07) is 7.41. The molecule has 6 heteroatoms. The second-order valence-corrected chi connectivity index (χ2v) is 6.07. The average molecular weight is 354 g/mol. The third-order valence-electron chi connectivity index (χ3n) is 4.17. The number of carbonyl (C=O) groups is 2. The Morgan fingerprint density at radius 1 is 1.21 bits per heavy atom. The number of unbranched alkanes of at least 4 members (excludes halogenated alkanes) is 1. The first kappa shape index (κ1) is 20.5. The summed E-state index contributed by atoms with van der Waals surface area (Å²) in [5.41, 5.74) is 1.67. The zero-order valence-electron chi connectivity index (χ0n) is 14.3. The smallest absolute Gasteiger partial charge is 0.251 e. The lowest BCUT2D eigenvalue weighted by molar-refractivity contribution is -0.125. The minimum atomic E-state index is -0.0395. The van der Waals surface area contributed by atoms with Crippen LogP contribution in [0.4, 0.5) is 0 Å². The molecule has 0 aromatic heterocycles. The van der Waals surface area contributed by atoms with Crippen LogP contribution in [-0.2, 0) is 11.3 Å². The molecule has 0 bridgehead atoms. The van der Waals surface area contributed by atoms with E-state index in [0.29, 0.717) is 18.7 Å². The molecule has 1 aliphatic heterocycles. The van der Waals surface area contributed by atoms with Crippen LogP contribution in [0.5, 0.6) is 0 Å². The minimum Gasteiger partial charge on any atom is -0.352 e. The molecule has 24 heavy (non-hydrogen) atoms. The Labute approximate surface area is 150 Å². The van der Waals surface area contributed by atoms with Crippen molar-refractivity contribution in [1.29, 1.82) is 0 Å². The summed E-state index contributed by atoms with van der Waals surface area (Å²) in [7, 11) is 0. The van der Waals surface area contributed by atoms with Gasteiger partial charge in [-0.2, -0.15) is 0 Å². The van der Waals surface area contributed by atoms with Crippen LogP contribution in [0.15, 0.2) is 24.3 Å². The highest BCUT2D eigenvalue weighted by Gasteiger charge is 2.20. The van der Waals surface area contributed by atoms with Crippen molar-refractivity contribution in [3.8, 4) is 0 Å². The summed E-state index contributed by atoms with van der Waals surface area (Å²) in [5.74, 6) is 0.147. The molecule has 1 aromatic rings. The molecule has 0 spiro atoms. The number of carbonyl (C=O) groups excluding carboxylic acids is 2. The number of nitrogens with one attached hydrogen (secondary N) is 3. The number of benzene rings is 1. The molecule has 0 saturated carbocycles. The van der Waals surface area contributed by atoms with Gasteiger partial charge in [0, 0.05) is 25.2 Å². The molecule has 134 valence electrons. The van der Waals surface area contributed by atoms with Gasteiger partial charge in [-0.15, -0.1) is 12.4 Å². The van der Waals surface area contributed by atoms with Crippen LogP contribution in [-0.4, -0.2) is 31.4 Å². The number of hydrogen-bond acceptors (Lipinski definition) is 3. The van der Waals surface area contributed by atoms with E-state index in [9.17, 15) is 9.59 Å². The van der Waals surface area contributed by atoms with Crippen molar-refractivity contribution in [3.63, 3.8) is 0 Å². The fourth-order valence-electron chi connectivity index (χ4n) is 2.66. The number of rotatable bonds is 7. The summed E-state index contributed by atoms with van der Waals surface area (Å²) in [6.45, 7) is 5.09. The summed E-state index contributed by atoms with van der Waals surface area (Å²) in [6.07, 6.45) is 4.07. The van der Waals surface area contributed by atoms with Gasteiger partial charge in [0.2, 0.25) is 5.91 Å². The predicted molar refractivity (Wildman–Crippen MR) is 98.4 cm³/mol. The Bertz CT molecular complexity index is 514. The van der Waals surface area contributed by atoms with E-state index >= 15 is 0 Å². The molecule has 0 aliphatic carbocycles. The lowest BCUT2D eigenvalue weighted by atomic mass is 9.99. The number of piperidine rings is 1. The van der Waals surface area contributed by atoms with Crippen molar-refractivity contribution in [2.24, 2.45) is 5.92 Å². The number of halogens is 1. The first-order valence-electron chi connectivity index (χ1n) is 8.56. The maximum Gasteiger partial charge on any atom is 0.251 e. The maximum atomic E-state index is 12.1. The normalized spacial score (nSPS) is 16.8. The fraction of sp³-hybridized carbons (Fsp3) is 0.556. The van der Waals surface area contributed by atoms with Crippen LogP contribution in [0, 0.1) is 5.92 Å². The monoisotopic (exact) mass is 353 g/mol. The van der Waals surface area contributed by atoms with Crippen LogP contribution in [0.1, 0.15) is 48.5 Å². The quantitative estimate of drug-likeness (QED) is 0.658. The molecule has 1 heterocycles. The van der Waals surface area contributed by atoms with E-state index in [4.69, 9.17) is 0 Å². The summed E-state index contributed by atoms with van der Waals surface area (Å²) in [5, 5.41) is 9.13. The molecule has 0 radical (unpaired) electrons. The molecule has 3 N–H and O–H groups in total. The van der Waals surface area contributed by atoms with Crippen LogP contribution in [0.25, 0.3) is 0 Å². The maximum absolute atomic E-state index is 12.1. The Kier molecular flexibility index (Phi) is 9.42. The molecule has 2 amide bonds. The van der Waals surface area contributed by atoms with Gasteiger partial charge in [-0.05, 0) is 43.5 Å². The van der Waals surface area contributed by atoms with Gasteiger partial charge in [-0.3, -0.25) is 9.59 Å². The van der Waals surface area contributed by atoms with Crippen molar-refractivity contribution in [2.45, 2.75) is 39.2 Å². The van der Waals surface area contributed by atoms with Crippen LogP contribution in [0.2, 0.25) is 0 Å². The molecule has 1 aliphatic rings. The second kappa shape index (κ2) is 11.0. The molecule has 1 aromatic carbocycles. The van der Waals surface area contributed by atoms with Gasteiger partial charge in [0.15, 0.2) is 0 Å². The molecular weight excluding hydrogens is 326 g/mol. The summed E-state index contributed by atoms with van der Waals surface area (Å²) in [4.78, 5) is 24.0. The van der Waals surface area contributed by atoms with Gasteiger partial charge < -0.3 is 16.0 Å². The minimum absolute atomic E-state index is 0. The zero-order valence-corrected chi connectivity index (χ0v) is 15.1.